The van der Waals surface area contributed by atoms with Gasteiger partial charge in [-0.1, -0.05) is 42.3 Å². The number of nitrogens with one attached hydrogen (secondary N) is 2. The van der Waals surface area contributed by atoms with Gasteiger partial charge in [0.15, 0.2) is 9.84 Å². The van der Waals surface area contributed by atoms with Crippen LogP contribution in [0.1, 0.15) is 39.6 Å². The van der Waals surface area contributed by atoms with Crippen LogP contribution < -0.4 is 10.6 Å². The minimum atomic E-state index is -3.93. The fourth-order valence-corrected chi connectivity index (χ4v) is 5.53. The molecule has 0 aliphatic heterocycles. The number of aromatic nitrogens is 2. The predicted octanol–water partition coefficient (Wildman–Crippen LogP) is 4.03. The van der Waals surface area contributed by atoms with E-state index in [9.17, 15) is 33.0 Å². The third kappa shape index (κ3) is 6.97. The third-order valence-corrected chi connectivity index (χ3v) is 7.78. The number of carbonyl (C=O) groups excluding carboxylic acids is 1. The number of carboxylic acids is 2. The second kappa shape index (κ2) is 12.2. The van der Waals surface area contributed by atoms with Crippen LogP contribution in [0.3, 0.4) is 0 Å². The van der Waals surface area contributed by atoms with Crippen LogP contribution in [0.4, 0.5) is 11.5 Å². The van der Waals surface area contributed by atoms with Crippen molar-refractivity contribution in [1.29, 1.82) is 0 Å². The molecule has 2 heterocycles. The molecule has 4 N–H and O–H groups in total. The Kier molecular flexibility index (Phi) is 9.26. The molecular formula is C24H22Cl2N4O7S. The summed E-state index contributed by atoms with van der Waals surface area (Å²) in [4.78, 5) is 43.2. The van der Waals surface area contributed by atoms with Gasteiger partial charge in [-0.3, -0.25) is 9.78 Å². The highest BCUT2D eigenvalue weighted by Gasteiger charge is 2.25. The average molecular weight is 581 g/mol. The summed E-state index contributed by atoms with van der Waals surface area (Å²) < 4.78 is 25.1. The number of pyridine rings is 2. The van der Waals surface area contributed by atoms with Gasteiger partial charge in [-0.15, -0.1) is 0 Å². The number of anilines is 2. The number of carbonyl (C=O) groups is 3. The molecule has 14 heteroatoms. The molecule has 0 aliphatic carbocycles. The number of benzene rings is 1. The maximum absolute atomic E-state index is 12.6. The van der Waals surface area contributed by atoms with Gasteiger partial charge in [0.05, 0.1) is 31.8 Å². The Bertz CT molecular complexity index is 1460. The molecule has 0 saturated carbocycles. The Morgan fingerprint density at radius 1 is 1.03 bits per heavy atom. The summed E-state index contributed by atoms with van der Waals surface area (Å²) in [5.41, 5.74) is 0.537. The van der Waals surface area contributed by atoms with E-state index in [0.717, 1.165) is 12.3 Å². The van der Waals surface area contributed by atoms with Crippen LogP contribution in [0.25, 0.3) is 0 Å². The van der Waals surface area contributed by atoms with Gasteiger partial charge >= 0.3 is 11.9 Å². The molecule has 1 aromatic carbocycles. The van der Waals surface area contributed by atoms with Crippen molar-refractivity contribution in [2.45, 2.75) is 30.7 Å². The Morgan fingerprint density at radius 2 is 1.66 bits per heavy atom. The van der Waals surface area contributed by atoms with Crippen molar-refractivity contribution in [1.82, 2.24) is 9.97 Å². The minimum Gasteiger partial charge on any atom is -0.480 e. The van der Waals surface area contributed by atoms with Crippen molar-refractivity contribution >= 4 is 62.4 Å². The van der Waals surface area contributed by atoms with Crippen LogP contribution in [-0.2, 0) is 21.1 Å². The summed E-state index contributed by atoms with van der Waals surface area (Å²) in [6.45, 7) is 1.64. The molecule has 1 atom stereocenters. The number of rotatable bonds is 11. The van der Waals surface area contributed by atoms with Crippen LogP contribution in [-0.4, -0.2) is 58.2 Å². The SMILES string of the molecule is CCCS(=O)(=O)c1cc(N[C@@H](Cc2ccc(NC(=O)c3c(Cl)cncc3Cl)cc2)C(=O)O)ncc1C(=O)O. The zero-order chi connectivity index (χ0) is 28.0. The van der Waals surface area contributed by atoms with Crippen molar-refractivity contribution in [2.75, 3.05) is 16.4 Å². The molecule has 0 radical (unpaired) electrons. The molecule has 0 fully saturated rings. The lowest BCUT2D eigenvalue weighted by molar-refractivity contribution is -0.137. The fraction of sp³-hybridized carbons (Fsp3) is 0.208. The molecule has 0 spiro atoms. The first-order chi connectivity index (χ1) is 17.9. The molecule has 2 aromatic heterocycles. The highest BCUT2D eigenvalue weighted by atomic mass is 35.5. The molecule has 0 unspecified atom stereocenters. The molecule has 0 saturated heterocycles. The second-order valence-electron chi connectivity index (χ2n) is 8.06. The first-order valence-corrected chi connectivity index (χ1v) is 13.5. The number of hydrogen-bond acceptors (Lipinski definition) is 8. The zero-order valence-corrected chi connectivity index (χ0v) is 22.1. The maximum Gasteiger partial charge on any atom is 0.338 e. The van der Waals surface area contributed by atoms with Gasteiger partial charge in [0.2, 0.25) is 0 Å². The highest BCUT2D eigenvalue weighted by Crippen LogP contribution is 2.25. The van der Waals surface area contributed by atoms with Gasteiger partial charge < -0.3 is 20.8 Å². The van der Waals surface area contributed by atoms with E-state index in [1.54, 1.807) is 31.2 Å². The number of nitrogens with zero attached hydrogens (tertiary/aromatic N) is 2. The minimum absolute atomic E-state index is 0.0367. The van der Waals surface area contributed by atoms with Gasteiger partial charge in [-0.2, -0.15) is 0 Å². The number of aliphatic carboxylic acids is 1. The smallest absolute Gasteiger partial charge is 0.338 e. The topological polar surface area (TPSA) is 176 Å². The summed E-state index contributed by atoms with van der Waals surface area (Å²) in [7, 11) is -3.93. The molecule has 38 heavy (non-hydrogen) atoms. The lowest BCUT2D eigenvalue weighted by atomic mass is 10.1. The molecule has 0 bridgehead atoms. The maximum atomic E-state index is 12.6. The predicted molar refractivity (Wildman–Crippen MR) is 141 cm³/mol. The molecule has 0 aliphatic rings. The van der Waals surface area contributed by atoms with E-state index in [1.165, 1.54) is 12.4 Å². The van der Waals surface area contributed by atoms with Gasteiger partial charge in [0.25, 0.3) is 5.91 Å². The lowest BCUT2D eigenvalue weighted by Crippen LogP contribution is -2.32. The van der Waals surface area contributed by atoms with E-state index in [-0.39, 0.29) is 40.0 Å². The van der Waals surface area contributed by atoms with Crippen LogP contribution in [0.5, 0.6) is 0 Å². The summed E-state index contributed by atoms with van der Waals surface area (Å²) in [6, 6.07) is 6.12. The Hall–Kier alpha value is -3.74. The number of hydrogen-bond donors (Lipinski definition) is 4. The van der Waals surface area contributed by atoms with Crippen LogP contribution in [0, 0.1) is 0 Å². The lowest BCUT2D eigenvalue weighted by Gasteiger charge is -2.17. The summed E-state index contributed by atoms with van der Waals surface area (Å²) in [6.07, 6.45) is 3.69. The Labute approximate surface area is 227 Å². The monoisotopic (exact) mass is 580 g/mol. The molecule has 3 aromatic rings. The van der Waals surface area contributed by atoms with Crippen molar-refractivity contribution in [3.05, 3.63) is 75.7 Å². The molecule has 1 amide bonds. The molecule has 11 nitrogen and oxygen atoms in total. The van der Waals surface area contributed by atoms with Gasteiger partial charge in [-0.25, -0.2) is 23.0 Å². The van der Waals surface area contributed by atoms with E-state index in [2.05, 4.69) is 20.6 Å². The number of halogens is 2. The summed E-state index contributed by atoms with van der Waals surface area (Å²) in [5.74, 6) is -3.64. The van der Waals surface area contributed by atoms with Crippen LogP contribution in [0.2, 0.25) is 10.0 Å². The van der Waals surface area contributed by atoms with Crippen molar-refractivity contribution < 1.29 is 33.0 Å². The van der Waals surface area contributed by atoms with Crippen molar-refractivity contribution in [3.63, 3.8) is 0 Å². The number of carboxylic acid groups (broad SMARTS) is 2. The van der Waals surface area contributed by atoms with Crippen LogP contribution >= 0.6 is 23.2 Å². The number of aromatic carboxylic acids is 1. The zero-order valence-electron chi connectivity index (χ0n) is 19.8. The van der Waals surface area contributed by atoms with E-state index >= 15 is 0 Å². The standard InChI is InChI=1S/C24H22Cl2N4O7S/c1-2-7-38(36,37)19-9-20(28-10-15(19)23(32)33)30-18(24(34)35)8-13-3-5-14(6-4-13)29-22(31)21-16(25)11-27-12-17(21)26/h3-6,9-12,18H,2,7-8H2,1H3,(H,28,30)(H,29,31)(H,32,33)(H,34,35)/t18-/m0/s1. The van der Waals surface area contributed by atoms with E-state index in [1.807, 2.05) is 0 Å². The molecule has 200 valence electrons. The third-order valence-electron chi connectivity index (χ3n) is 5.26. The summed E-state index contributed by atoms with van der Waals surface area (Å²) >= 11 is 12.0. The largest absolute Gasteiger partial charge is 0.480 e. The normalized spacial score (nSPS) is 12.0. The summed E-state index contributed by atoms with van der Waals surface area (Å²) in [5, 5.41) is 24.5. The Morgan fingerprint density at radius 3 is 2.21 bits per heavy atom. The van der Waals surface area contributed by atoms with Crippen molar-refractivity contribution in [2.24, 2.45) is 0 Å². The number of amides is 1. The van der Waals surface area contributed by atoms with E-state index < -0.39 is 44.2 Å². The highest BCUT2D eigenvalue weighted by molar-refractivity contribution is 7.91. The van der Waals surface area contributed by atoms with Crippen LogP contribution in [0.15, 0.2) is 53.8 Å². The van der Waals surface area contributed by atoms with Crippen molar-refractivity contribution in [3.8, 4) is 0 Å². The van der Waals surface area contributed by atoms with Gasteiger partial charge in [0, 0.05) is 36.8 Å². The van der Waals surface area contributed by atoms with Gasteiger partial charge in [0.1, 0.15) is 11.9 Å². The molecule has 3 rings (SSSR count). The van der Waals surface area contributed by atoms with Gasteiger partial charge in [-0.05, 0) is 24.1 Å². The second-order valence-corrected chi connectivity index (χ2v) is 11.0. The average Bonchev–Trinajstić information content (AvgIpc) is 2.84. The Balaban J connectivity index is 1.77. The quantitative estimate of drug-likeness (QED) is 0.259. The molecular weight excluding hydrogens is 559 g/mol. The first kappa shape index (κ1) is 28.8. The fourth-order valence-electron chi connectivity index (χ4n) is 3.47. The number of sulfone groups is 1. The first-order valence-electron chi connectivity index (χ1n) is 11.1. The van der Waals surface area contributed by atoms with E-state index in [0.29, 0.717) is 11.3 Å². The van der Waals surface area contributed by atoms with E-state index in [4.69, 9.17) is 23.2 Å².